The number of nitrogens with zero attached hydrogens (tertiary/aromatic N) is 2. The maximum atomic E-state index is 14.8. The summed E-state index contributed by atoms with van der Waals surface area (Å²) < 4.78 is 82.3. The van der Waals surface area contributed by atoms with Crippen LogP contribution in [0.5, 0.6) is 11.5 Å². The molecule has 2 unspecified atom stereocenters. The van der Waals surface area contributed by atoms with E-state index in [0.29, 0.717) is 56.6 Å². The summed E-state index contributed by atoms with van der Waals surface area (Å²) in [5.74, 6) is 0.828. The average Bonchev–Trinajstić information content (AvgIpc) is 4.06. The first kappa shape index (κ1) is 44.8. The second-order valence-corrected chi connectivity index (χ2v) is 21.6. The molecule has 0 aromatic heterocycles. The maximum absolute atomic E-state index is 14.8. The molecule has 2 N–H and O–H groups in total. The second-order valence-electron chi connectivity index (χ2n) is 17.8. The second kappa shape index (κ2) is 18.2. The van der Waals surface area contributed by atoms with Crippen molar-refractivity contribution in [1.82, 2.24) is 19.2 Å². The van der Waals surface area contributed by atoms with E-state index >= 15 is 0 Å². The Morgan fingerprint density at radius 1 is 0.867 bits per heavy atom. The van der Waals surface area contributed by atoms with E-state index in [4.69, 9.17) is 18.9 Å². The van der Waals surface area contributed by atoms with Crippen LogP contribution < -0.4 is 18.9 Å². The minimum absolute atomic E-state index is 0.00977. The zero-order valence-corrected chi connectivity index (χ0v) is 37.9. The Morgan fingerprint density at radius 2 is 1.60 bits per heavy atom. The quantitative estimate of drug-likeness (QED) is 0.321. The minimum Gasteiger partial charge on any atom is -0.483 e. The van der Waals surface area contributed by atoms with Gasteiger partial charge in [-0.1, -0.05) is 6.07 Å². The zero-order chi connectivity index (χ0) is 43.1. The number of methoxy groups -OCH3 is 1. The van der Waals surface area contributed by atoms with Crippen molar-refractivity contribution in [3.05, 3.63) is 57.1 Å². The number of nitrogens with one attached hydrogen (secondary N) is 2. The fraction of sp³-hybridized carbons (Fsp3) is 0.682. The van der Waals surface area contributed by atoms with Crippen molar-refractivity contribution < 1.29 is 45.4 Å². The highest BCUT2D eigenvalue weighted by Crippen LogP contribution is 2.46. The summed E-state index contributed by atoms with van der Waals surface area (Å²) in [5.41, 5.74) is 7.14. The number of carbonyl (C=O) groups is 2. The molecular weight excluding hydrogens is 809 g/mol. The number of carbonyl (C=O) groups excluding carboxylic acids is 2. The topological polar surface area (TPSA) is 170 Å². The third-order valence-electron chi connectivity index (χ3n) is 13.9. The first-order valence-electron chi connectivity index (χ1n) is 21.6. The molecule has 60 heavy (non-hydrogen) atoms. The van der Waals surface area contributed by atoms with Gasteiger partial charge < -0.3 is 28.7 Å². The minimum atomic E-state index is -3.59. The number of hydrogen-bond acceptors (Lipinski definition) is 10. The van der Waals surface area contributed by atoms with E-state index in [0.717, 1.165) is 70.9 Å². The number of fused-ring (bicyclic) bond motifs is 5. The summed E-state index contributed by atoms with van der Waals surface area (Å²) in [6, 6.07) is 3.23. The Kier molecular flexibility index (Phi) is 13.6. The van der Waals surface area contributed by atoms with E-state index in [1.54, 1.807) is 16.9 Å². The lowest BCUT2D eigenvalue weighted by molar-refractivity contribution is -0.143. The molecule has 8 rings (SSSR count). The number of hydrogen-bond donors (Lipinski definition) is 2. The summed E-state index contributed by atoms with van der Waals surface area (Å²) in [7, 11) is -5.56. The Hall–Kier alpha value is -3.28. The van der Waals surface area contributed by atoms with Crippen LogP contribution in [0.2, 0.25) is 0 Å². The van der Waals surface area contributed by atoms with Crippen molar-refractivity contribution in [2.45, 2.75) is 146 Å². The van der Waals surface area contributed by atoms with Crippen LogP contribution >= 0.6 is 0 Å². The molecule has 4 fully saturated rings. The Labute approximate surface area is 356 Å². The monoisotopic (exact) mass is 872 g/mol. The zero-order valence-electron chi connectivity index (χ0n) is 36.3. The van der Waals surface area contributed by atoms with Gasteiger partial charge in [0.05, 0.1) is 48.9 Å². The average molecular weight is 873 g/mol. The van der Waals surface area contributed by atoms with Crippen LogP contribution in [0, 0.1) is 34.6 Å². The lowest BCUT2D eigenvalue weighted by Crippen LogP contribution is -2.60. The number of rotatable bonds is 11. The van der Waals surface area contributed by atoms with Gasteiger partial charge in [0.25, 0.3) is 11.8 Å². The van der Waals surface area contributed by atoms with Crippen LogP contribution in [0.3, 0.4) is 0 Å². The Bertz CT molecular complexity index is 2150. The normalized spacial score (nSPS) is 27.9. The molecule has 4 aliphatic heterocycles. The number of likely N-dealkylation sites (tertiary alicyclic amines) is 1. The lowest BCUT2D eigenvalue weighted by Gasteiger charge is -2.47. The fourth-order valence-corrected chi connectivity index (χ4v) is 12.6. The van der Waals surface area contributed by atoms with Crippen molar-refractivity contribution in [1.29, 1.82) is 0 Å². The molecule has 2 amide bonds. The molecule has 6 aliphatic rings. The number of piperidine rings is 2. The van der Waals surface area contributed by atoms with Gasteiger partial charge in [0.2, 0.25) is 20.0 Å². The number of amides is 2. The number of ether oxygens (including phenoxy) is 4. The highest BCUT2D eigenvalue weighted by Gasteiger charge is 2.46. The lowest BCUT2D eigenvalue weighted by atomic mass is 9.77. The molecule has 0 spiro atoms. The van der Waals surface area contributed by atoms with Crippen molar-refractivity contribution in [3.8, 4) is 11.5 Å². The molecular formula is C44H64N4O10S2. The highest BCUT2D eigenvalue weighted by atomic mass is 32.2. The van der Waals surface area contributed by atoms with Gasteiger partial charge in [-0.2, -0.15) is 0 Å². The van der Waals surface area contributed by atoms with Gasteiger partial charge in [-0.05, 0) is 150 Å². The molecule has 5 atom stereocenters. The molecule has 2 aromatic rings. The maximum Gasteiger partial charge on any atom is 0.261 e. The molecule has 2 saturated heterocycles. The van der Waals surface area contributed by atoms with E-state index in [1.807, 2.05) is 39.0 Å². The van der Waals surface area contributed by atoms with Gasteiger partial charge in [0, 0.05) is 31.3 Å². The van der Waals surface area contributed by atoms with Crippen LogP contribution in [0.1, 0.15) is 115 Å². The van der Waals surface area contributed by atoms with E-state index in [-0.39, 0.29) is 50.3 Å². The molecule has 0 radical (unpaired) electrons. The molecule has 14 nitrogen and oxygen atoms in total. The van der Waals surface area contributed by atoms with E-state index in [2.05, 4.69) is 23.3 Å². The van der Waals surface area contributed by atoms with Crippen LogP contribution in [0.4, 0.5) is 0 Å². The molecule has 16 heteroatoms. The number of aryl methyl sites for hydroxylation is 1. The SMILES string of the molecule is COC[C@H]1[C@@H](NS(=O)(=O)C2CC2)CCC(c2cc3c(c(C)c2C)C2CCC(CC2)OC[C@H]2C(NS(C)(=O)=O)CCCN2C(=O)CO3)N1C(=O)COc1ccc(C)c(C)c1C. The third kappa shape index (κ3) is 9.68. The summed E-state index contributed by atoms with van der Waals surface area (Å²) in [4.78, 5) is 32.4. The third-order valence-corrected chi connectivity index (χ3v) is 16.6. The van der Waals surface area contributed by atoms with Gasteiger partial charge in [-0.3, -0.25) is 9.59 Å². The van der Waals surface area contributed by atoms with Crippen molar-refractivity contribution in [2.75, 3.05) is 46.3 Å². The largest absolute Gasteiger partial charge is 0.483 e. The molecule has 4 heterocycles. The van der Waals surface area contributed by atoms with Gasteiger partial charge >= 0.3 is 0 Å². The van der Waals surface area contributed by atoms with E-state index in [9.17, 15) is 26.4 Å². The number of benzene rings is 2. The Morgan fingerprint density at radius 3 is 2.28 bits per heavy atom. The van der Waals surface area contributed by atoms with Gasteiger partial charge in [0.1, 0.15) is 11.5 Å². The predicted molar refractivity (Wildman–Crippen MR) is 228 cm³/mol. The Balaban J connectivity index is 1.26. The summed E-state index contributed by atoms with van der Waals surface area (Å²) in [6.45, 7) is 10.5. The molecule has 332 valence electrons. The first-order chi connectivity index (χ1) is 28.5. The van der Waals surface area contributed by atoms with Crippen molar-refractivity contribution in [3.63, 3.8) is 0 Å². The molecule has 2 bridgehead atoms. The highest BCUT2D eigenvalue weighted by molar-refractivity contribution is 7.90. The van der Waals surface area contributed by atoms with Crippen LogP contribution in [0.15, 0.2) is 18.2 Å². The van der Waals surface area contributed by atoms with Gasteiger partial charge in [0.15, 0.2) is 13.2 Å². The standard InChI is InChI=1S/C44H64N4O10S2/c1-26-10-19-40(29(4)27(26)2)57-25-43(50)48-37(18-17-36(39(48)22-55-6)46-60(53,54)33-15-16-33)34-21-41-44(30(5)28(34)3)31-11-13-32(14-12-31)56-23-38-35(45-59(7,51)52)9-8-20-47(38)42(49)24-58-41/h10,19,21,31-33,35-39,45-46H,8-9,11-18,20,22-25H2,1-7H3/t31?,32?,35?,36-,37?,38-,39-/m0/s1. The first-order valence-corrected chi connectivity index (χ1v) is 25.1. The van der Waals surface area contributed by atoms with Gasteiger partial charge in [-0.25, -0.2) is 26.3 Å². The van der Waals surface area contributed by atoms with E-state index < -0.39 is 55.5 Å². The van der Waals surface area contributed by atoms with Crippen LogP contribution in [-0.4, -0.2) is 120 Å². The fourth-order valence-electron chi connectivity index (χ4n) is 10.1. The summed E-state index contributed by atoms with van der Waals surface area (Å²) in [6.07, 6.45) is 7.90. The van der Waals surface area contributed by atoms with Crippen LogP contribution in [0.25, 0.3) is 0 Å². The van der Waals surface area contributed by atoms with Crippen LogP contribution in [-0.2, 0) is 39.1 Å². The predicted octanol–water partition coefficient (Wildman–Crippen LogP) is 4.78. The molecule has 2 aromatic carbocycles. The van der Waals surface area contributed by atoms with Gasteiger partial charge in [-0.15, -0.1) is 0 Å². The van der Waals surface area contributed by atoms with Crippen molar-refractivity contribution >= 4 is 31.9 Å². The molecule has 2 saturated carbocycles. The smallest absolute Gasteiger partial charge is 0.261 e. The van der Waals surface area contributed by atoms with Crippen molar-refractivity contribution in [2.24, 2.45) is 0 Å². The summed E-state index contributed by atoms with van der Waals surface area (Å²) in [5, 5.41) is -0.424. The van der Waals surface area contributed by atoms with E-state index in [1.165, 1.54) is 0 Å². The number of sulfonamides is 2. The molecule has 2 aliphatic carbocycles. The summed E-state index contributed by atoms with van der Waals surface area (Å²) >= 11 is 0.